The Labute approximate surface area is 190 Å². The lowest BCUT2D eigenvalue weighted by Crippen LogP contribution is -2.48. The van der Waals surface area contributed by atoms with Crippen molar-refractivity contribution in [3.8, 4) is 5.75 Å². The summed E-state index contributed by atoms with van der Waals surface area (Å²) in [6, 6.07) is 14.1. The van der Waals surface area contributed by atoms with Gasteiger partial charge in [-0.1, -0.05) is 23.7 Å². The van der Waals surface area contributed by atoms with Crippen molar-refractivity contribution in [2.24, 2.45) is 0 Å². The number of thiophene rings is 1. The summed E-state index contributed by atoms with van der Waals surface area (Å²) in [7, 11) is 0. The average molecular weight is 459 g/mol. The molecule has 3 aromatic rings. The minimum Gasteiger partial charge on any atom is -0.489 e. The molecule has 0 aliphatic carbocycles. The molecule has 2 aromatic carbocycles. The molecule has 1 aliphatic heterocycles. The van der Waals surface area contributed by atoms with Crippen molar-refractivity contribution >= 4 is 28.8 Å². The molecule has 1 aromatic heterocycles. The molecule has 0 unspecified atom stereocenters. The highest BCUT2D eigenvalue weighted by atomic mass is 35.5. The first-order valence-electron chi connectivity index (χ1n) is 10.2. The molecule has 31 heavy (non-hydrogen) atoms. The molecule has 1 fully saturated rings. The van der Waals surface area contributed by atoms with Crippen LogP contribution in [0.25, 0.3) is 0 Å². The van der Waals surface area contributed by atoms with Gasteiger partial charge in [-0.25, -0.2) is 4.39 Å². The summed E-state index contributed by atoms with van der Waals surface area (Å²) in [5, 5.41) is 2.66. The van der Waals surface area contributed by atoms with Crippen LogP contribution in [0.1, 0.15) is 26.4 Å². The summed E-state index contributed by atoms with van der Waals surface area (Å²) < 4.78 is 19.3. The third-order valence-electron chi connectivity index (χ3n) is 5.35. The third-order valence-corrected chi connectivity index (χ3v) is 6.55. The summed E-state index contributed by atoms with van der Waals surface area (Å²) in [4.78, 5) is 17.8. The molecule has 0 bridgehead atoms. The number of aryl methyl sites for hydroxylation is 1. The van der Waals surface area contributed by atoms with Crippen LogP contribution >= 0.6 is 22.9 Å². The largest absolute Gasteiger partial charge is 0.489 e. The summed E-state index contributed by atoms with van der Waals surface area (Å²) >= 11 is 7.44. The summed E-state index contributed by atoms with van der Waals surface area (Å²) in [5.74, 6) is 0.636. The van der Waals surface area contributed by atoms with Crippen LogP contribution < -0.4 is 4.74 Å². The van der Waals surface area contributed by atoms with Crippen LogP contribution in [0.3, 0.4) is 0 Å². The number of carbonyl (C=O) groups is 1. The smallest absolute Gasteiger partial charge is 0.264 e. The van der Waals surface area contributed by atoms with Crippen molar-refractivity contribution in [2.45, 2.75) is 20.1 Å². The topological polar surface area (TPSA) is 32.8 Å². The van der Waals surface area contributed by atoms with E-state index in [1.165, 1.54) is 17.4 Å². The molecule has 1 saturated heterocycles. The van der Waals surface area contributed by atoms with E-state index in [1.54, 1.807) is 18.2 Å². The predicted molar refractivity (Wildman–Crippen MR) is 122 cm³/mol. The zero-order valence-corrected chi connectivity index (χ0v) is 18.9. The number of amides is 1. The van der Waals surface area contributed by atoms with Crippen LogP contribution in [0.5, 0.6) is 5.75 Å². The molecule has 0 saturated carbocycles. The van der Waals surface area contributed by atoms with E-state index in [9.17, 15) is 9.18 Å². The molecule has 1 amide bonds. The first kappa shape index (κ1) is 21.8. The van der Waals surface area contributed by atoms with Crippen LogP contribution in [0.4, 0.5) is 4.39 Å². The molecule has 0 atom stereocenters. The fourth-order valence-electron chi connectivity index (χ4n) is 3.66. The first-order valence-corrected chi connectivity index (χ1v) is 11.5. The lowest BCUT2D eigenvalue weighted by molar-refractivity contribution is 0.0633. The quantitative estimate of drug-likeness (QED) is 0.496. The van der Waals surface area contributed by atoms with Crippen LogP contribution in [-0.4, -0.2) is 41.9 Å². The molecule has 2 heterocycles. The van der Waals surface area contributed by atoms with Crippen LogP contribution in [0, 0.1) is 12.7 Å². The minimum absolute atomic E-state index is 0.0596. The minimum atomic E-state index is -0.213. The number of nitrogens with zero attached hydrogens (tertiary/aromatic N) is 2. The highest BCUT2D eigenvalue weighted by Crippen LogP contribution is 2.24. The average Bonchev–Trinajstić information content (AvgIpc) is 3.22. The molecular formula is C24H24ClFN2O2S. The van der Waals surface area contributed by atoms with Gasteiger partial charge in [-0.3, -0.25) is 9.69 Å². The number of piperazine rings is 1. The maximum Gasteiger partial charge on any atom is 0.264 e. The predicted octanol–water partition coefficient (Wildman–Crippen LogP) is 5.39. The fraction of sp³-hybridized carbons (Fsp3) is 0.292. The van der Waals surface area contributed by atoms with Gasteiger partial charge in [0.2, 0.25) is 0 Å². The Morgan fingerprint density at radius 2 is 1.90 bits per heavy atom. The Morgan fingerprint density at radius 1 is 1.10 bits per heavy atom. The lowest BCUT2D eigenvalue weighted by Gasteiger charge is -2.34. The van der Waals surface area contributed by atoms with E-state index in [2.05, 4.69) is 4.90 Å². The van der Waals surface area contributed by atoms with Gasteiger partial charge in [0, 0.05) is 43.3 Å². The second-order valence-corrected chi connectivity index (χ2v) is 9.06. The van der Waals surface area contributed by atoms with E-state index in [4.69, 9.17) is 16.3 Å². The van der Waals surface area contributed by atoms with Crippen LogP contribution in [-0.2, 0) is 13.2 Å². The van der Waals surface area contributed by atoms with Gasteiger partial charge in [0.05, 0.1) is 4.88 Å². The van der Waals surface area contributed by atoms with Gasteiger partial charge in [-0.05, 0) is 59.8 Å². The molecule has 0 N–H and O–H groups in total. The standard InChI is InChI=1S/C24H24ClFN2O2S/c1-17-11-20(25)5-6-22(17)30-15-19-13-23(31-16-19)24(29)28-9-7-27(8-10-28)14-18-3-2-4-21(26)12-18/h2-6,11-13,16H,7-10,14-15H2,1H3. The number of hydrogen-bond donors (Lipinski definition) is 0. The maximum absolute atomic E-state index is 13.4. The van der Waals surface area contributed by atoms with Gasteiger partial charge in [0.15, 0.2) is 0 Å². The maximum atomic E-state index is 13.4. The molecule has 0 spiro atoms. The van der Waals surface area contributed by atoms with Gasteiger partial charge in [-0.2, -0.15) is 0 Å². The number of hydrogen-bond acceptors (Lipinski definition) is 4. The SMILES string of the molecule is Cc1cc(Cl)ccc1OCc1csc(C(=O)N2CCN(Cc3cccc(F)c3)CC2)c1. The summed E-state index contributed by atoms with van der Waals surface area (Å²) in [5.41, 5.74) is 2.92. The Kier molecular flexibility index (Phi) is 6.90. The van der Waals surface area contributed by atoms with E-state index in [1.807, 2.05) is 41.5 Å². The van der Waals surface area contributed by atoms with Crippen molar-refractivity contribution in [1.29, 1.82) is 0 Å². The van der Waals surface area contributed by atoms with Crippen molar-refractivity contribution < 1.29 is 13.9 Å². The first-order chi connectivity index (χ1) is 15.0. The number of ether oxygens (including phenoxy) is 1. The monoisotopic (exact) mass is 458 g/mol. The van der Waals surface area contributed by atoms with Crippen molar-refractivity contribution in [2.75, 3.05) is 26.2 Å². The van der Waals surface area contributed by atoms with E-state index in [-0.39, 0.29) is 11.7 Å². The highest BCUT2D eigenvalue weighted by Gasteiger charge is 2.23. The molecule has 4 nitrogen and oxygen atoms in total. The van der Waals surface area contributed by atoms with Gasteiger partial charge in [0.1, 0.15) is 18.2 Å². The number of benzene rings is 2. The summed E-state index contributed by atoms with van der Waals surface area (Å²) in [6.45, 7) is 5.96. The normalized spacial score (nSPS) is 14.6. The Morgan fingerprint density at radius 3 is 2.65 bits per heavy atom. The molecule has 0 radical (unpaired) electrons. The van der Waals surface area contributed by atoms with Gasteiger partial charge in [0.25, 0.3) is 5.91 Å². The number of halogens is 2. The Bertz CT molecular complexity index is 1060. The lowest BCUT2D eigenvalue weighted by atomic mass is 10.2. The van der Waals surface area contributed by atoms with Gasteiger partial charge >= 0.3 is 0 Å². The molecular weight excluding hydrogens is 435 g/mol. The van der Waals surface area contributed by atoms with Crippen LogP contribution in [0.15, 0.2) is 53.9 Å². The van der Waals surface area contributed by atoms with Gasteiger partial charge in [-0.15, -0.1) is 11.3 Å². The van der Waals surface area contributed by atoms with Crippen molar-refractivity contribution in [3.63, 3.8) is 0 Å². The molecule has 7 heteroatoms. The third kappa shape index (κ3) is 5.64. The van der Waals surface area contributed by atoms with E-state index in [0.717, 1.165) is 40.4 Å². The zero-order valence-electron chi connectivity index (χ0n) is 17.3. The fourth-order valence-corrected chi connectivity index (χ4v) is 4.75. The summed E-state index contributed by atoms with van der Waals surface area (Å²) in [6.07, 6.45) is 0. The number of rotatable bonds is 6. The zero-order chi connectivity index (χ0) is 21.8. The molecule has 1 aliphatic rings. The second kappa shape index (κ2) is 9.81. The second-order valence-electron chi connectivity index (χ2n) is 7.72. The Hall–Kier alpha value is -2.41. The number of carbonyl (C=O) groups excluding carboxylic acids is 1. The van der Waals surface area contributed by atoms with Crippen LogP contribution in [0.2, 0.25) is 5.02 Å². The van der Waals surface area contributed by atoms with E-state index in [0.29, 0.717) is 31.3 Å². The van der Waals surface area contributed by atoms with Crippen molar-refractivity contribution in [1.82, 2.24) is 9.80 Å². The molecule has 4 rings (SSSR count). The van der Waals surface area contributed by atoms with E-state index < -0.39 is 0 Å². The van der Waals surface area contributed by atoms with E-state index >= 15 is 0 Å². The Balaban J connectivity index is 1.29. The van der Waals surface area contributed by atoms with Gasteiger partial charge < -0.3 is 9.64 Å². The van der Waals surface area contributed by atoms with Crippen molar-refractivity contribution in [3.05, 3.63) is 86.3 Å². The molecule has 162 valence electrons. The highest BCUT2D eigenvalue weighted by molar-refractivity contribution is 7.12.